The molecule has 2 heteroatoms. The van der Waals surface area contributed by atoms with Crippen LogP contribution in [0.15, 0.2) is 24.3 Å². The van der Waals surface area contributed by atoms with Crippen LogP contribution in [-0.2, 0) is 11.2 Å². The Kier molecular flexibility index (Phi) is 3.08. The van der Waals surface area contributed by atoms with Gasteiger partial charge in [-0.2, -0.15) is 0 Å². The van der Waals surface area contributed by atoms with Crippen molar-refractivity contribution in [1.29, 1.82) is 0 Å². The standard InChI is InChI=1S/C13H18O2/c1-9(15-2)7-11-8-10-5-3-4-6-12(10)13(11)14/h3-6,9,11,13-14H,7-8H2,1-2H3. The number of methoxy groups -OCH3 is 1. The second kappa shape index (κ2) is 4.33. The Hall–Kier alpha value is -0.860. The number of ether oxygens (including phenoxy) is 1. The molecule has 0 heterocycles. The SMILES string of the molecule is COC(C)CC1Cc2ccccc2C1O. The fourth-order valence-electron chi connectivity index (χ4n) is 2.39. The van der Waals surface area contributed by atoms with E-state index < -0.39 is 0 Å². The lowest BCUT2D eigenvalue weighted by Gasteiger charge is -2.18. The van der Waals surface area contributed by atoms with Crippen molar-refractivity contribution in [3.05, 3.63) is 35.4 Å². The van der Waals surface area contributed by atoms with Crippen molar-refractivity contribution in [3.8, 4) is 0 Å². The van der Waals surface area contributed by atoms with E-state index in [9.17, 15) is 5.11 Å². The minimum absolute atomic E-state index is 0.221. The average molecular weight is 206 g/mol. The van der Waals surface area contributed by atoms with Crippen molar-refractivity contribution >= 4 is 0 Å². The molecule has 0 spiro atoms. The fraction of sp³-hybridized carbons (Fsp3) is 0.538. The Bertz CT molecular complexity index is 335. The van der Waals surface area contributed by atoms with Crippen molar-refractivity contribution < 1.29 is 9.84 Å². The molecule has 0 bridgehead atoms. The molecule has 1 N–H and O–H groups in total. The van der Waals surface area contributed by atoms with Crippen LogP contribution in [-0.4, -0.2) is 18.3 Å². The van der Waals surface area contributed by atoms with E-state index in [0.717, 1.165) is 18.4 Å². The lowest BCUT2D eigenvalue weighted by molar-refractivity contribution is 0.0532. The molecule has 3 unspecified atom stereocenters. The zero-order valence-corrected chi connectivity index (χ0v) is 9.31. The van der Waals surface area contributed by atoms with Crippen molar-refractivity contribution in [1.82, 2.24) is 0 Å². The van der Waals surface area contributed by atoms with E-state index in [1.165, 1.54) is 5.56 Å². The molecule has 1 aliphatic rings. The van der Waals surface area contributed by atoms with Crippen molar-refractivity contribution in [2.45, 2.75) is 32.0 Å². The Morgan fingerprint density at radius 2 is 2.20 bits per heavy atom. The van der Waals surface area contributed by atoms with Crippen molar-refractivity contribution in [2.24, 2.45) is 5.92 Å². The van der Waals surface area contributed by atoms with Gasteiger partial charge in [-0.25, -0.2) is 0 Å². The first-order chi connectivity index (χ1) is 7.22. The first kappa shape index (κ1) is 10.7. The van der Waals surface area contributed by atoms with Crippen LogP contribution in [0.5, 0.6) is 0 Å². The highest BCUT2D eigenvalue weighted by Gasteiger charge is 2.31. The van der Waals surface area contributed by atoms with Gasteiger partial charge in [0.15, 0.2) is 0 Å². The maximum Gasteiger partial charge on any atom is 0.0825 e. The zero-order chi connectivity index (χ0) is 10.8. The molecule has 2 rings (SSSR count). The minimum Gasteiger partial charge on any atom is -0.388 e. The Morgan fingerprint density at radius 1 is 1.47 bits per heavy atom. The number of fused-ring (bicyclic) bond motifs is 1. The summed E-state index contributed by atoms with van der Waals surface area (Å²) in [4.78, 5) is 0. The lowest BCUT2D eigenvalue weighted by Crippen LogP contribution is -2.16. The summed E-state index contributed by atoms with van der Waals surface area (Å²) in [5.74, 6) is 0.317. The molecule has 0 amide bonds. The monoisotopic (exact) mass is 206 g/mol. The molecule has 1 aromatic carbocycles. The minimum atomic E-state index is -0.307. The van der Waals surface area contributed by atoms with E-state index in [1.54, 1.807) is 7.11 Å². The van der Waals surface area contributed by atoms with Crippen LogP contribution in [0, 0.1) is 5.92 Å². The number of hydrogen-bond donors (Lipinski definition) is 1. The molecule has 1 aromatic rings. The average Bonchev–Trinajstić information content (AvgIpc) is 2.57. The lowest BCUT2D eigenvalue weighted by atomic mass is 9.97. The van der Waals surface area contributed by atoms with Crippen molar-refractivity contribution in [3.63, 3.8) is 0 Å². The molecule has 0 aliphatic heterocycles. The number of benzene rings is 1. The quantitative estimate of drug-likeness (QED) is 0.822. The van der Waals surface area contributed by atoms with Crippen LogP contribution in [0.2, 0.25) is 0 Å². The topological polar surface area (TPSA) is 29.5 Å². The van der Waals surface area contributed by atoms with E-state index in [0.29, 0.717) is 5.92 Å². The fourth-order valence-corrected chi connectivity index (χ4v) is 2.39. The van der Waals surface area contributed by atoms with Crippen LogP contribution in [0.3, 0.4) is 0 Å². The van der Waals surface area contributed by atoms with E-state index in [4.69, 9.17) is 4.74 Å². The summed E-state index contributed by atoms with van der Waals surface area (Å²) in [6.45, 7) is 2.05. The number of rotatable bonds is 3. The van der Waals surface area contributed by atoms with Gasteiger partial charge in [-0.1, -0.05) is 24.3 Å². The van der Waals surface area contributed by atoms with E-state index in [2.05, 4.69) is 13.0 Å². The molecule has 0 saturated carbocycles. The highest BCUT2D eigenvalue weighted by Crippen LogP contribution is 2.38. The highest BCUT2D eigenvalue weighted by atomic mass is 16.5. The Morgan fingerprint density at radius 3 is 2.87 bits per heavy atom. The maximum atomic E-state index is 10.1. The first-order valence-corrected chi connectivity index (χ1v) is 5.51. The van der Waals surface area contributed by atoms with Crippen LogP contribution in [0.4, 0.5) is 0 Å². The largest absolute Gasteiger partial charge is 0.388 e. The third-order valence-corrected chi connectivity index (χ3v) is 3.34. The normalized spacial score (nSPS) is 26.3. The van der Waals surface area contributed by atoms with Gasteiger partial charge in [0.25, 0.3) is 0 Å². The summed E-state index contributed by atoms with van der Waals surface area (Å²) in [6, 6.07) is 8.16. The summed E-state index contributed by atoms with van der Waals surface area (Å²) in [6.07, 6.45) is 1.81. The third kappa shape index (κ3) is 2.06. The first-order valence-electron chi connectivity index (χ1n) is 5.51. The zero-order valence-electron chi connectivity index (χ0n) is 9.31. The van der Waals surface area contributed by atoms with E-state index in [1.807, 2.05) is 18.2 Å². The summed E-state index contributed by atoms with van der Waals surface area (Å²) < 4.78 is 5.25. The summed E-state index contributed by atoms with van der Waals surface area (Å²) >= 11 is 0. The predicted octanol–water partition coefficient (Wildman–Crippen LogP) is 2.32. The summed E-state index contributed by atoms with van der Waals surface area (Å²) in [5, 5.41) is 10.1. The maximum absolute atomic E-state index is 10.1. The van der Waals surface area contributed by atoms with Crippen LogP contribution < -0.4 is 0 Å². The van der Waals surface area contributed by atoms with Gasteiger partial charge in [-0.3, -0.25) is 0 Å². The van der Waals surface area contributed by atoms with Crippen LogP contribution >= 0.6 is 0 Å². The van der Waals surface area contributed by atoms with Gasteiger partial charge in [0.05, 0.1) is 12.2 Å². The van der Waals surface area contributed by atoms with Gasteiger partial charge in [0.1, 0.15) is 0 Å². The van der Waals surface area contributed by atoms with E-state index >= 15 is 0 Å². The second-order valence-electron chi connectivity index (χ2n) is 4.39. The predicted molar refractivity (Wildman–Crippen MR) is 59.7 cm³/mol. The molecule has 0 saturated heterocycles. The van der Waals surface area contributed by atoms with Gasteiger partial charge < -0.3 is 9.84 Å². The molecule has 2 nitrogen and oxygen atoms in total. The smallest absolute Gasteiger partial charge is 0.0825 e. The summed E-state index contributed by atoms with van der Waals surface area (Å²) in [5.41, 5.74) is 2.39. The van der Waals surface area contributed by atoms with Gasteiger partial charge >= 0.3 is 0 Å². The molecule has 0 radical (unpaired) electrons. The molecule has 0 aromatic heterocycles. The molecule has 15 heavy (non-hydrogen) atoms. The number of aliphatic hydroxyl groups excluding tert-OH is 1. The Balaban J connectivity index is 2.10. The second-order valence-corrected chi connectivity index (χ2v) is 4.39. The molecule has 1 aliphatic carbocycles. The van der Waals surface area contributed by atoms with Gasteiger partial charge in [0.2, 0.25) is 0 Å². The van der Waals surface area contributed by atoms with Crippen LogP contribution in [0.1, 0.15) is 30.6 Å². The van der Waals surface area contributed by atoms with E-state index in [-0.39, 0.29) is 12.2 Å². The highest BCUT2D eigenvalue weighted by molar-refractivity contribution is 5.34. The number of hydrogen-bond acceptors (Lipinski definition) is 2. The molecular formula is C13H18O2. The van der Waals surface area contributed by atoms with Crippen molar-refractivity contribution in [2.75, 3.05) is 7.11 Å². The van der Waals surface area contributed by atoms with Gasteiger partial charge in [-0.05, 0) is 36.8 Å². The summed E-state index contributed by atoms with van der Waals surface area (Å²) in [7, 11) is 1.72. The van der Waals surface area contributed by atoms with Crippen LogP contribution in [0.25, 0.3) is 0 Å². The molecule has 82 valence electrons. The molecular weight excluding hydrogens is 188 g/mol. The third-order valence-electron chi connectivity index (χ3n) is 3.34. The molecule has 3 atom stereocenters. The Labute approximate surface area is 90.9 Å². The molecule has 0 fully saturated rings. The number of aliphatic hydroxyl groups is 1. The van der Waals surface area contributed by atoms with Gasteiger partial charge in [-0.15, -0.1) is 0 Å². The van der Waals surface area contributed by atoms with Gasteiger partial charge in [0, 0.05) is 7.11 Å².